The molecule has 0 spiro atoms. The lowest BCUT2D eigenvalue weighted by Gasteiger charge is -2.31. The standard InChI is InChI=1S/C20H26N6O3/c1-13-9-18(24-29-13)23-19(28)12-25-6-3-15(4-7-25)20-21-10-16-11-26(14(2)27)8-5-17(16)22-20/h9-10,15H,3-8,11-12H2,1-2H3,(H,23,24,28). The van der Waals surface area contributed by atoms with Gasteiger partial charge >= 0.3 is 0 Å². The maximum Gasteiger partial charge on any atom is 0.239 e. The molecule has 154 valence electrons. The molecule has 4 rings (SSSR count). The Hall–Kier alpha value is -2.81. The Morgan fingerprint density at radius 2 is 2.07 bits per heavy atom. The molecule has 9 heteroatoms. The Morgan fingerprint density at radius 1 is 1.28 bits per heavy atom. The van der Waals surface area contributed by atoms with Gasteiger partial charge in [-0.2, -0.15) is 0 Å². The quantitative estimate of drug-likeness (QED) is 0.832. The van der Waals surface area contributed by atoms with E-state index in [1.807, 2.05) is 11.1 Å². The van der Waals surface area contributed by atoms with E-state index in [-0.39, 0.29) is 11.8 Å². The highest BCUT2D eigenvalue weighted by Crippen LogP contribution is 2.27. The van der Waals surface area contributed by atoms with Crippen molar-refractivity contribution >= 4 is 17.6 Å². The molecule has 1 fully saturated rings. The minimum atomic E-state index is -0.0863. The van der Waals surface area contributed by atoms with E-state index in [4.69, 9.17) is 9.51 Å². The van der Waals surface area contributed by atoms with E-state index in [0.29, 0.717) is 30.6 Å². The van der Waals surface area contributed by atoms with Crippen molar-refractivity contribution in [3.8, 4) is 0 Å². The fourth-order valence-electron chi connectivity index (χ4n) is 3.96. The number of carbonyl (C=O) groups is 2. The lowest BCUT2D eigenvalue weighted by Crippen LogP contribution is -2.39. The number of aromatic nitrogens is 3. The van der Waals surface area contributed by atoms with Crippen molar-refractivity contribution in [3.63, 3.8) is 0 Å². The fraction of sp³-hybridized carbons (Fsp3) is 0.550. The van der Waals surface area contributed by atoms with Gasteiger partial charge in [-0.05, 0) is 32.9 Å². The van der Waals surface area contributed by atoms with Crippen LogP contribution in [0.4, 0.5) is 5.82 Å². The monoisotopic (exact) mass is 398 g/mol. The summed E-state index contributed by atoms with van der Waals surface area (Å²) in [6, 6.07) is 1.70. The van der Waals surface area contributed by atoms with Crippen LogP contribution < -0.4 is 5.32 Å². The molecule has 2 amide bonds. The Bertz CT molecular complexity index is 903. The molecule has 0 aromatic carbocycles. The number of nitrogens with one attached hydrogen (secondary N) is 1. The van der Waals surface area contributed by atoms with Gasteiger partial charge in [-0.15, -0.1) is 0 Å². The Labute approximate surface area is 169 Å². The number of hydrogen-bond donors (Lipinski definition) is 1. The first-order chi connectivity index (χ1) is 14.0. The van der Waals surface area contributed by atoms with Crippen molar-refractivity contribution in [1.82, 2.24) is 24.9 Å². The molecule has 4 heterocycles. The summed E-state index contributed by atoms with van der Waals surface area (Å²) < 4.78 is 4.96. The third kappa shape index (κ3) is 4.61. The first kappa shape index (κ1) is 19.5. The number of fused-ring (bicyclic) bond motifs is 1. The summed E-state index contributed by atoms with van der Waals surface area (Å²) in [7, 11) is 0. The van der Waals surface area contributed by atoms with Crippen molar-refractivity contribution in [2.75, 3.05) is 31.5 Å². The van der Waals surface area contributed by atoms with Crippen LogP contribution in [0.1, 0.15) is 48.5 Å². The number of likely N-dealkylation sites (tertiary alicyclic amines) is 1. The van der Waals surface area contributed by atoms with E-state index in [9.17, 15) is 9.59 Å². The third-order valence-corrected chi connectivity index (χ3v) is 5.61. The van der Waals surface area contributed by atoms with Crippen LogP contribution in [0.25, 0.3) is 0 Å². The maximum absolute atomic E-state index is 12.2. The van der Waals surface area contributed by atoms with Gasteiger partial charge in [0.25, 0.3) is 0 Å². The van der Waals surface area contributed by atoms with Crippen molar-refractivity contribution in [2.24, 2.45) is 0 Å². The molecule has 1 saturated heterocycles. The number of amides is 2. The fourth-order valence-corrected chi connectivity index (χ4v) is 3.96. The summed E-state index contributed by atoms with van der Waals surface area (Å²) in [4.78, 5) is 37.1. The van der Waals surface area contributed by atoms with Crippen molar-refractivity contribution in [2.45, 2.75) is 45.6 Å². The molecule has 0 bridgehead atoms. The first-order valence-electron chi connectivity index (χ1n) is 10.0. The molecule has 0 radical (unpaired) electrons. The van der Waals surface area contributed by atoms with E-state index < -0.39 is 0 Å². The summed E-state index contributed by atoms with van der Waals surface area (Å²) in [5.74, 6) is 2.32. The molecule has 2 aliphatic rings. The lowest BCUT2D eigenvalue weighted by atomic mass is 9.95. The van der Waals surface area contributed by atoms with Crippen molar-refractivity contribution < 1.29 is 14.1 Å². The number of piperidine rings is 1. The van der Waals surface area contributed by atoms with E-state index >= 15 is 0 Å². The summed E-state index contributed by atoms with van der Waals surface area (Å²) >= 11 is 0. The van der Waals surface area contributed by atoms with Crippen LogP contribution in [0, 0.1) is 6.92 Å². The normalized spacial score (nSPS) is 17.8. The predicted octanol–water partition coefficient (Wildman–Crippen LogP) is 1.50. The molecular weight excluding hydrogens is 372 g/mol. The summed E-state index contributed by atoms with van der Waals surface area (Å²) in [5.41, 5.74) is 2.12. The zero-order chi connectivity index (χ0) is 20.4. The minimum absolute atomic E-state index is 0.0863. The van der Waals surface area contributed by atoms with Gasteiger partial charge in [0.05, 0.1) is 12.2 Å². The Morgan fingerprint density at radius 3 is 2.76 bits per heavy atom. The van der Waals surface area contributed by atoms with Gasteiger partial charge in [-0.25, -0.2) is 9.97 Å². The number of nitrogens with zero attached hydrogens (tertiary/aromatic N) is 5. The average molecular weight is 398 g/mol. The number of hydrogen-bond acceptors (Lipinski definition) is 7. The highest BCUT2D eigenvalue weighted by molar-refractivity contribution is 5.91. The Kier molecular flexibility index (Phi) is 5.57. The second-order valence-corrected chi connectivity index (χ2v) is 7.81. The van der Waals surface area contributed by atoms with E-state index in [1.54, 1.807) is 19.9 Å². The predicted molar refractivity (Wildman–Crippen MR) is 105 cm³/mol. The van der Waals surface area contributed by atoms with Gasteiger partial charge in [-0.1, -0.05) is 5.16 Å². The van der Waals surface area contributed by atoms with Gasteiger partial charge in [0, 0.05) is 50.2 Å². The first-order valence-corrected chi connectivity index (χ1v) is 10.0. The van der Waals surface area contributed by atoms with Gasteiger partial charge in [0.2, 0.25) is 11.8 Å². The largest absolute Gasteiger partial charge is 0.360 e. The minimum Gasteiger partial charge on any atom is -0.360 e. The smallest absolute Gasteiger partial charge is 0.239 e. The second kappa shape index (κ2) is 8.28. The number of rotatable bonds is 4. The van der Waals surface area contributed by atoms with Crippen molar-refractivity contribution in [1.29, 1.82) is 0 Å². The SMILES string of the molecule is CC(=O)N1CCc2nc(C3CCN(CC(=O)Nc4cc(C)on4)CC3)ncc2C1. The summed E-state index contributed by atoms with van der Waals surface area (Å²) in [6.45, 7) is 6.70. The molecule has 2 aromatic rings. The van der Waals surface area contributed by atoms with Crippen LogP contribution in [0.5, 0.6) is 0 Å². The molecule has 2 aromatic heterocycles. The molecular formula is C20H26N6O3. The van der Waals surface area contributed by atoms with Gasteiger partial charge in [-0.3, -0.25) is 14.5 Å². The van der Waals surface area contributed by atoms with Crippen LogP contribution in [-0.4, -0.2) is 62.9 Å². The van der Waals surface area contributed by atoms with E-state index in [1.165, 1.54) is 0 Å². The van der Waals surface area contributed by atoms with Gasteiger partial charge < -0.3 is 14.7 Å². The molecule has 0 aliphatic carbocycles. The van der Waals surface area contributed by atoms with Crippen LogP contribution in [0.3, 0.4) is 0 Å². The molecule has 0 atom stereocenters. The van der Waals surface area contributed by atoms with Crippen LogP contribution in [0.15, 0.2) is 16.8 Å². The molecule has 1 N–H and O–H groups in total. The number of anilines is 1. The lowest BCUT2D eigenvalue weighted by molar-refractivity contribution is -0.129. The summed E-state index contributed by atoms with van der Waals surface area (Å²) in [6.07, 6.45) is 4.51. The zero-order valence-corrected chi connectivity index (χ0v) is 16.8. The molecule has 29 heavy (non-hydrogen) atoms. The molecule has 2 aliphatic heterocycles. The van der Waals surface area contributed by atoms with Crippen LogP contribution in [0.2, 0.25) is 0 Å². The second-order valence-electron chi connectivity index (χ2n) is 7.81. The highest BCUT2D eigenvalue weighted by Gasteiger charge is 2.26. The third-order valence-electron chi connectivity index (χ3n) is 5.61. The molecule has 0 saturated carbocycles. The Balaban J connectivity index is 1.29. The zero-order valence-electron chi connectivity index (χ0n) is 16.8. The number of carbonyl (C=O) groups excluding carboxylic acids is 2. The summed E-state index contributed by atoms with van der Waals surface area (Å²) in [5, 5.41) is 6.55. The maximum atomic E-state index is 12.2. The van der Waals surface area contributed by atoms with Gasteiger partial charge in [0.15, 0.2) is 5.82 Å². The molecule has 9 nitrogen and oxygen atoms in total. The van der Waals surface area contributed by atoms with Crippen molar-refractivity contribution in [3.05, 3.63) is 35.1 Å². The van der Waals surface area contributed by atoms with E-state index in [2.05, 4.69) is 20.4 Å². The van der Waals surface area contributed by atoms with Crippen LogP contribution >= 0.6 is 0 Å². The van der Waals surface area contributed by atoms with Crippen LogP contribution in [-0.2, 0) is 22.6 Å². The average Bonchev–Trinajstić information content (AvgIpc) is 3.12. The highest BCUT2D eigenvalue weighted by atomic mass is 16.5. The molecule has 0 unspecified atom stereocenters. The van der Waals surface area contributed by atoms with Gasteiger partial charge in [0.1, 0.15) is 11.6 Å². The van der Waals surface area contributed by atoms with E-state index in [0.717, 1.165) is 56.0 Å². The number of aryl methyl sites for hydroxylation is 1. The topological polar surface area (TPSA) is 104 Å².